The van der Waals surface area contributed by atoms with Gasteiger partial charge < -0.3 is 19.3 Å². The Morgan fingerprint density at radius 1 is 0.529 bits per heavy atom. The van der Waals surface area contributed by atoms with E-state index < -0.39 is 17.6 Å². The van der Waals surface area contributed by atoms with Crippen molar-refractivity contribution < 1.29 is 9.47 Å². The van der Waals surface area contributed by atoms with Crippen LogP contribution in [0.1, 0.15) is 11.1 Å². The molecule has 0 unspecified atom stereocenters. The van der Waals surface area contributed by atoms with Crippen molar-refractivity contribution in [2.45, 2.75) is 12.1 Å². The number of benzene rings is 3. The van der Waals surface area contributed by atoms with Gasteiger partial charge in [0.25, 0.3) is 0 Å². The maximum Gasteiger partial charge on any atom is 0.118 e. The second-order valence-electron chi connectivity index (χ2n) is 9.31. The molecule has 0 aliphatic heterocycles. The zero-order valence-electron chi connectivity index (χ0n) is 21.5. The van der Waals surface area contributed by atoms with Gasteiger partial charge in [-0.05, 0) is 76.9 Å². The van der Waals surface area contributed by atoms with Crippen molar-refractivity contribution >= 4 is 28.0 Å². The highest BCUT2D eigenvalue weighted by molar-refractivity contribution is 6.74. The third kappa shape index (κ3) is 7.84. The summed E-state index contributed by atoms with van der Waals surface area (Å²) >= 11 is 0. The van der Waals surface area contributed by atoms with Gasteiger partial charge in [0.05, 0.1) is 14.2 Å². The molecule has 0 heterocycles. The average Bonchev–Trinajstić information content (AvgIpc) is 2.84. The summed E-state index contributed by atoms with van der Waals surface area (Å²) in [7, 11) is 10.7. The normalized spacial score (nSPS) is 11.6. The minimum atomic E-state index is -0.752. The molecular weight excluding hydrogens is 452 g/mol. The van der Waals surface area contributed by atoms with Crippen molar-refractivity contribution in [3.8, 4) is 11.5 Å². The molecule has 2 radical (unpaired) electrons. The Bertz CT molecular complexity index is 908. The maximum absolute atomic E-state index is 5.33. The van der Waals surface area contributed by atoms with Crippen molar-refractivity contribution in [1.29, 1.82) is 0 Å². The predicted octanol–water partition coefficient (Wildman–Crippen LogP) is 2.87. The fourth-order valence-corrected chi connectivity index (χ4v) is 9.44. The van der Waals surface area contributed by atoms with Gasteiger partial charge >= 0.3 is 0 Å². The Labute approximate surface area is 209 Å². The lowest BCUT2D eigenvalue weighted by atomic mass is 10.2. The van der Waals surface area contributed by atoms with E-state index in [2.05, 4.69) is 111 Å². The fourth-order valence-electron chi connectivity index (χ4n) is 4.18. The molecule has 0 aliphatic carbocycles. The molecule has 0 bridgehead atoms. The summed E-state index contributed by atoms with van der Waals surface area (Å²) in [6, 6.07) is 29.0. The Hall–Kier alpha value is -2.39. The minimum Gasteiger partial charge on any atom is -0.497 e. The Balaban J connectivity index is 1.78. The van der Waals surface area contributed by atoms with Crippen LogP contribution in [-0.2, 0) is 12.1 Å². The van der Waals surface area contributed by atoms with E-state index in [0.29, 0.717) is 0 Å². The highest BCUT2D eigenvalue weighted by Gasteiger charge is 2.20. The van der Waals surface area contributed by atoms with Crippen molar-refractivity contribution in [3.05, 3.63) is 83.9 Å². The molecule has 0 saturated heterocycles. The average molecular weight is 491 g/mol. The Kier molecular flexibility index (Phi) is 9.95. The van der Waals surface area contributed by atoms with E-state index in [1.807, 2.05) is 0 Å². The molecule has 0 N–H and O–H groups in total. The zero-order valence-corrected chi connectivity index (χ0v) is 23.5. The first kappa shape index (κ1) is 26.2. The molecule has 180 valence electrons. The predicted molar refractivity (Wildman–Crippen MR) is 148 cm³/mol. The lowest BCUT2D eigenvalue weighted by Gasteiger charge is -2.23. The van der Waals surface area contributed by atoms with Crippen LogP contribution >= 0.6 is 0 Å². The van der Waals surface area contributed by atoms with Crippen molar-refractivity contribution in [1.82, 2.24) is 9.80 Å². The van der Waals surface area contributed by atoms with Gasteiger partial charge in [0, 0.05) is 0 Å². The van der Waals surface area contributed by atoms with Crippen molar-refractivity contribution in [2.75, 3.05) is 54.7 Å². The van der Waals surface area contributed by atoms with Crippen LogP contribution in [0.3, 0.4) is 0 Å². The zero-order chi connectivity index (χ0) is 24.5. The van der Waals surface area contributed by atoms with Crippen LogP contribution in [0.4, 0.5) is 0 Å². The van der Waals surface area contributed by atoms with Crippen LogP contribution in [0.15, 0.2) is 72.8 Å². The summed E-state index contributed by atoms with van der Waals surface area (Å²) in [4.78, 5) is 4.66. The first-order chi connectivity index (χ1) is 16.4. The van der Waals surface area contributed by atoms with Crippen LogP contribution in [0.25, 0.3) is 0 Å². The van der Waals surface area contributed by atoms with E-state index in [4.69, 9.17) is 9.47 Å². The van der Waals surface area contributed by atoms with Crippen LogP contribution in [0, 0.1) is 0 Å². The second kappa shape index (κ2) is 12.9. The third-order valence-corrected chi connectivity index (χ3v) is 11.9. The van der Waals surface area contributed by atoms with Gasteiger partial charge in [0.1, 0.15) is 29.1 Å². The summed E-state index contributed by atoms with van der Waals surface area (Å²) in [6.45, 7) is 0. The highest BCUT2D eigenvalue weighted by atomic mass is 28.3. The van der Waals surface area contributed by atoms with E-state index >= 15 is 0 Å². The van der Waals surface area contributed by atoms with Gasteiger partial charge in [0.2, 0.25) is 0 Å². The molecule has 0 atom stereocenters. The Morgan fingerprint density at radius 2 is 0.853 bits per heavy atom. The number of ether oxygens (including phenoxy) is 2. The van der Waals surface area contributed by atoms with E-state index in [0.717, 1.165) is 35.9 Å². The molecule has 34 heavy (non-hydrogen) atoms. The second-order valence-corrected chi connectivity index (χ2v) is 14.2. The molecule has 3 aromatic rings. The first-order valence-corrected chi connectivity index (χ1v) is 15.6. The van der Waals surface area contributed by atoms with E-state index in [9.17, 15) is 0 Å². The van der Waals surface area contributed by atoms with Gasteiger partial charge in [-0.1, -0.05) is 70.0 Å². The van der Waals surface area contributed by atoms with E-state index in [1.165, 1.54) is 21.5 Å². The molecule has 3 rings (SSSR count). The molecule has 0 amide bonds. The molecule has 0 aromatic heterocycles. The summed E-state index contributed by atoms with van der Waals surface area (Å²) in [5.74, 6) is 1.84. The Morgan fingerprint density at radius 3 is 1.12 bits per heavy atom. The summed E-state index contributed by atoms with van der Waals surface area (Å²) in [6.07, 6.45) is 2.24. The number of hydrogen-bond donors (Lipinski definition) is 0. The standard InChI is InChI=1S/C28H38N2O2Si2/c1-29(2)21-33(19-23-7-11-25(31-5)12-8-23)27-15-17-28(18-16-27)34(22-30(3)4)20-24-9-13-26(32-6)14-10-24/h7-18H,19-22H2,1-6H3. The smallest absolute Gasteiger partial charge is 0.118 e. The summed E-state index contributed by atoms with van der Waals surface area (Å²) in [5, 5.41) is 3.02. The van der Waals surface area contributed by atoms with E-state index in [-0.39, 0.29) is 0 Å². The van der Waals surface area contributed by atoms with Gasteiger partial charge in [-0.25, -0.2) is 0 Å². The highest BCUT2D eigenvalue weighted by Crippen LogP contribution is 2.14. The van der Waals surface area contributed by atoms with Gasteiger partial charge in [0.15, 0.2) is 0 Å². The van der Waals surface area contributed by atoms with Crippen LogP contribution in [-0.4, -0.2) is 82.1 Å². The molecule has 0 fully saturated rings. The topological polar surface area (TPSA) is 24.9 Å². The fraction of sp³-hybridized carbons (Fsp3) is 0.357. The third-order valence-electron chi connectivity index (χ3n) is 5.87. The minimum absolute atomic E-state index is 0.752. The molecule has 3 aromatic carbocycles. The quantitative estimate of drug-likeness (QED) is 0.365. The SMILES string of the molecule is COc1ccc(C[Si](CN(C)C)c2ccc([Si](Cc3ccc(OC)cc3)CN(C)C)cc2)cc1. The van der Waals surface area contributed by atoms with Gasteiger partial charge in [-0.3, -0.25) is 0 Å². The molecule has 0 spiro atoms. The molecular formula is C28H38N2O2Si2. The monoisotopic (exact) mass is 490 g/mol. The van der Waals surface area contributed by atoms with Crippen LogP contribution in [0.2, 0.25) is 0 Å². The molecule has 4 nitrogen and oxygen atoms in total. The number of methoxy groups -OCH3 is 2. The van der Waals surface area contributed by atoms with Crippen LogP contribution in [0.5, 0.6) is 11.5 Å². The summed E-state index contributed by atoms with van der Waals surface area (Å²) in [5.41, 5.74) is 2.77. The lowest BCUT2D eigenvalue weighted by Crippen LogP contribution is -2.45. The van der Waals surface area contributed by atoms with Gasteiger partial charge in [-0.15, -0.1) is 0 Å². The molecule has 6 heteroatoms. The molecule has 0 saturated carbocycles. The van der Waals surface area contributed by atoms with Crippen molar-refractivity contribution in [3.63, 3.8) is 0 Å². The number of rotatable bonds is 12. The molecule has 0 aliphatic rings. The lowest BCUT2D eigenvalue weighted by molar-refractivity contribution is 0.414. The van der Waals surface area contributed by atoms with Crippen LogP contribution < -0.4 is 19.8 Å². The maximum atomic E-state index is 5.33. The number of hydrogen-bond acceptors (Lipinski definition) is 4. The summed E-state index contributed by atoms with van der Waals surface area (Å²) < 4.78 is 10.7. The van der Waals surface area contributed by atoms with E-state index in [1.54, 1.807) is 14.2 Å². The number of nitrogens with zero attached hydrogens (tertiary/aromatic N) is 2. The largest absolute Gasteiger partial charge is 0.497 e. The van der Waals surface area contributed by atoms with Gasteiger partial charge in [-0.2, -0.15) is 0 Å². The first-order valence-electron chi connectivity index (χ1n) is 11.7. The van der Waals surface area contributed by atoms with Crippen molar-refractivity contribution in [2.24, 2.45) is 0 Å².